The van der Waals surface area contributed by atoms with Crippen LogP contribution < -0.4 is 4.57 Å². The van der Waals surface area contributed by atoms with Crippen molar-refractivity contribution in [1.82, 2.24) is 4.57 Å². The van der Waals surface area contributed by atoms with E-state index in [0.29, 0.717) is 13.0 Å². The first-order chi connectivity index (χ1) is 6.51. The highest BCUT2D eigenvalue weighted by molar-refractivity contribution is 7.85. The van der Waals surface area contributed by atoms with Crippen LogP contribution >= 0.6 is 0 Å². The standard InChI is InChI=1S/C8H12N2O3S.H2O/c1-2-9-5-6-10(8-9)4-3-7-14(11,12)13;/h2,5-6,8H,1,3-4,7H2;1H2. The Balaban J connectivity index is 0.00000196. The zero-order chi connectivity index (χ0) is 10.6. The summed E-state index contributed by atoms with van der Waals surface area (Å²) in [6.45, 7) is 4.13. The third-order valence-corrected chi connectivity index (χ3v) is 2.55. The summed E-state index contributed by atoms with van der Waals surface area (Å²) in [4.78, 5) is 0. The highest BCUT2D eigenvalue weighted by atomic mass is 32.2. The van der Waals surface area contributed by atoms with Crippen molar-refractivity contribution in [1.29, 1.82) is 0 Å². The zero-order valence-electron chi connectivity index (χ0n) is 8.15. The molecule has 0 saturated heterocycles. The fourth-order valence-corrected chi connectivity index (χ4v) is 1.57. The summed E-state index contributed by atoms with van der Waals surface area (Å²) in [5, 5.41) is 0. The highest BCUT2D eigenvalue weighted by Gasteiger charge is 2.06. The van der Waals surface area contributed by atoms with Gasteiger partial charge in [0, 0.05) is 6.42 Å². The van der Waals surface area contributed by atoms with E-state index in [4.69, 9.17) is 4.55 Å². The zero-order valence-corrected chi connectivity index (χ0v) is 8.97. The van der Waals surface area contributed by atoms with Crippen LogP contribution in [0.3, 0.4) is 0 Å². The first-order valence-corrected chi connectivity index (χ1v) is 5.76. The maximum Gasteiger partial charge on any atom is 0.265 e. The molecule has 0 bridgehead atoms. The number of imidazole rings is 1. The number of aryl methyl sites for hydroxylation is 1. The van der Waals surface area contributed by atoms with Gasteiger partial charge in [0.15, 0.2) is 0 Å². The van der Waals surface area contributed by atoms with E-state index < -0.39 is 10.1 Å². The fraction of sp³-hybridized carbons (Fsp3) is 0.375. The van der Waals surface area contributed by atoms with Gasteiger partial charge in [0.2, 0.25) is 6.33 Å². The minimum Gasteiger partial charge on any atom is -0.870 e. The molecule has 0 saturated carbocycles. The average molecular weight is 234 g/mol. The molecule has 0 spiro atoms. The van der Waals surface area contributed by atoms with Crippen LogP contribution in [0.2, 0.25) is 0 Å². The summed E-state index contributed by atoms with van der Waals surface area (Å²) in [5.41, 5.74) is 0. The van der Waals surface area contributed by atoms with Gasteiger partial charge < -0.3 is 5.48 Å². The summed E-state index contributed by atoms with van der Waals surface area (Å²) in [7, 11) is -3.83. The minimum atomic E-state index is -3.83. The number of hydrogen-bond donors (Lipinski definition) is 1. The summed E-state index contributed by atoms with van der Waals surface area (Å²) in [5.74, 6) is -0.209. The Bertz CT molecular complexity index is 410. The van der Waals surface area contributed by atoms with Gasteiger partial charge in [-0.25, -0.2) is 9.13 Å². The molecular formula is C8H14N2O4S. The smallest absolute Gasteiger partial charge is 0.265 e. The van der Waals surface area contributed by atoms with Crippen molar-refractivity contribution in [2.75, 3.05) is 5.75 Å². The number of nitrogens with zero attached hydrogens (tertiary/aromatic N) is 2. The molecule has 15 heavy (non-hydrogen) atoms. The van der Waals surface area contributed by atoms with E-state index in [2.05, 4.69) is 6.58 Å². The van der Waals surface area contributed by atoms with Gasteiger partial charge in [-0.2, -0.15) is 8.42 Å². The van der Waals surface area contributed by atoms with Gasteiger partial charge in [-0.05, 0) is 0 Å². The number of aromatic nitrogens is 2. The van der Waals surface area contributed by atoms with Crippen LogP contribution in [-0.2, 0) is 16.7 Å². The van der Waals surface area contributed by atoms with Crippen LogP contribution in [0, 0.1) is 0 Å². The van der Waals surface area contributed by atoms with E-state index in [1.807, 2.05) is 10.8 Å². The summed E-state index contributed by atoms with van der Waals surface area (Å²) >= 11 is 0. The van der Waals surface area contributed by atoms with Gasteiger partial charge in [-0.3, -0.25) is 4.55 Å². The van der Waals surface area contributed by atoms with E-state index in [9.17, 15) is 8.42 Å². The Morgan fingerprint density at radius 2 is 2.20 bits per heavy atom. The molecule has 0 aliphatic heterocycles. The molecular weight excluding hydrogens is 220 g/mol. The third-order valence-electron chi connectivity index (χ3n) is 1.74. The lowest BCUT2D eigenvalue weighted by Gasteiger charge is -1.94. The Morgan fingerprint density at radius 3 is 2.67 bits per heavy atom. The fourth-order valence-electron chi connectivity index (χ4n) is 1.08. The second-order valence-electron chi connectivity index (χ2n) is 2.92. The van der Waals surface area contributed by atoms with Crippen molar-refractivity contribution in [3.8, 4) is 0 Å². The molecule has 0 aliphatic carbocycles. The lowest BCUT2D eigenvalue weighted by atomic mass is 10.5. The van der Waals surface area contributed by atoms with E-state index in [1.54, 1.807) is 23.3 Å². The molecule has 1 aromatic heterocycles. The molecule has 0 aromatic carbocycles. The first-order valence-electron chi connectivity index (χ1n) is 4.15. The molecule has 0 atom stereocenters. The third kappa shape index (κ3) is 5.31. The monoisotopic (exact) mass is 234 g/mol. The summed E-state index contributed by atoms with van der Waals surface area (Å²) < 4.78 is 32.9. The number of rotatable bonds is 5. The van der Waals surface area contributed by atoms with Gasteiger partial charge in [-0.15, -0.1) is 0 Å². The van der Waals surface area contributed by atoms with Crippen LogP contribution in [0.1, 0.15) is 6.42 Å². The van der Waals surface area contributed by atoms with Crippen molar-refractivity contribution in [2.45, 2.75) is 13.0 Å². The van der Waals surface area contributed by atoms with Crippen LogP contribution in [0.4, 0.5) is 0 Å². The largest absolute Gasteiger partial charge is 0.870 e. The molecule has 0 amide bonds. The second-order valence-corrected chi connectivity index (χ2v) is 4.49. The molecule has 0 aliphatic rings. The van der Waals surface area contributed by atoms with Crippen molar-refractivity contribution >= 4 is 16.3 Å². The van der Waals surface area contributed by atoms with Gasteiger partial charge in [-0.1, -0.05) is 6.58 Å². The van der Waals surface area contributed by atoms with E-state index in [1.165, 1.54) is 0 Å². The Hall–Kier alpha value is -1.18. The van der Waals surface area contributed by atoms with Crippen molar-refractivity contribution in [2.24, 2.45) is 0 Å². The van der Waals surface area contributed by atoms with Gasteiger partial charge in [0.25, 0.3) is 10.1 Å². The van der Waals surface area contributed by atoms with Crippen LogP contribution in [0.25, 0.3) is 6.20 Å². The Labute approximate surface area is 88.5 Å². The normalized spacial score (nSPS) is 10.7. The topological polar surface area (TPSA) is 93.2 Å². The minimum absolute atomic E-state index is 0. The van der Waals surface area contributed by atoms with Crippen molar-refractivity contribution in [3.05, 3.63) is 25.3 Å². The lowest BCUT2D eigenvalue weighted by Crippen LogP contribution is -2.31. The van der Waals surface area contributed by atoms with Crippen LogP contribution in [0.15, 0.2) is 25.3 Å². The maximum atomic E-state index is 10.4. The molecule has 0 fully saturated rings. The van der Waals surface area contributed by atoms with E-state index in [0.717, 1.165) is 0 Å². The summed E-state index contributed by atoms with van der Waals surface area (Å²) in [6, 6.07) is 0. The molecule has 1 heterocycles. The molecule has 6 nitrogen and oxygen atoms in total. The molecule has 7 heteroatoms. The Kier molecular flexibility index (Phi) is 5.20. The van der Waals surface area contributed by atoms with Crippen LogP contribution in [-0.4, -0.2) is 28.8 Å². The SMILES string of the molecule is C=Cn1cc[n+](CCCS(=O)(=O)O)c1.[OH-]. The molecule has 2 N–H and O–H groups in total. The van der Waals surface area contributed by atoms with Crippen LogP contribution in [0.5, 0.6) is 0 Å². The first kappa shape index (κ1) is 13.8. The average Bonchev–Trinajstić information content (AvgIpc) is 2.50. The predicted molar refractivity (Wildman–Crippen MR) is 54.0 cm³/mol. The summed E-state index contributed by atoms with van der Waals surface area (Å²) in [6.07, 6.45) is 7.44. The molecule has 0 unspecified atom stereocenters. The number of hydrogen-bond acceptors (Lipinski definition) is 3. The lowest BCUT2D eigenvalue weighted by molar-refractivity contribution is -0.696. The molecule has 86 valence electrons. The van der Waals surface area contributed by atoms with Gasteiger partial charge in [0.1, 0.15) is 12.4 Å². The Morgan fingerprint density at radius 1 is 1.53 bits per heavy atom. The van der Waals surface area contributed by atoms with E-state index in [-0.39, 0.29) is 11.2 Å². The maximum absolute atomic E-state index is 10.4. The van der Waals surface area contributed by atoms with E-state index >= 15 is 0 Å². The van der Waals surface area contributed by atoms with Gasteiger partial charge in [0.05, 0.1) is 18.5 Å². The second kappa shape index (κ2) is 5.64. The quantitative estimate of drug-likeness (QED) is 0.572. The molecule has 1 aromatic rings. The molecule has 0 radical (unpaired) electrons. The predicted octanol–water partition coefficient (Wildman–Crippen LogP) is -0.0228. The highest BCUT2D eigenvalue weighted by Crippen LogP contribution is 1.89. The van der Waals surface area contributed by atoms with Crippen molar-refractivity contribution < 1.29 is 23.0 Å². The molecule has 1 rings (SSSR count). The van der Waals surface area contributed by atoms with Gasteiger partial charge >= 0.3 is 0 Å². The van der Waals surface area contributed by atoms with Crippen molar-refractivity contribution in [3.63, 3.8) is 0 Å².